The van der Waals surface area contributed by atoms with Gasteiger partial charge in [0.05, 0.1) is 12.6 Å². The maximum atomic E-state index is 12.5. The second kappa shape index (κ2) is 11.6. The Morgan fingerprint density at radius 1 is 1.21 bits per heavy atom. The number of nitrogens with two attached hydrogens (primary N) is 2. The molecule has 1 aliphatic rings. The third-order valence-corrected chi connectivity index (χ3v) is 4.80. The molecule has 0 aromatic rings. The summed E-state index contributed by atoms with van der Waals surface area (Å²) < 4.78 is 0. The minimum Gasteiger partial charge on any atom is -0.480 e. The molecule has 3 atom stereocenters. The van der Waals surface area contributed by atoms with Crippen LogP contribution in [0.3, 0.4) is 0 Å². The molecular weight excluding hydrogens is 366 g/mol. The standard InChI is InChI=1S/C18H33N5O5/c1-11(2)15(18(27)28)22-14(24)10-21-16(25)13-7-5-9-23(13)17(26)12(20)6-3-4-8-19/h11-13,15H,3-10,19-20H2,1-2H3,(H,21,25)(H,22,24)(H,27,28). The van der Waals surface area contributed by atoms with Crippen LogP contribution < -0.4 is 22.1 Å². The van der Waals surface area contributed by atoms with Crippen LogP contribution in [0.15, 0.2) is 0 Å². The second-order valence-corrected chi connectivity index (χ2v) is 7.43. The van der Waals surface area contributed by atoms with Gasteiger partial charge in [0, 0.05) is 6.54 Å². The molecule has 10 nitrogen and oxygen atoms in total. The third kappa shape index (κ3) is 7.08. The van der Waals surface area contributed by atoms with E-state index in [1.165, 1.54) is 4.90 Å². The van der Waals surface area contributed by atoms with Crippen molar-refractivity contribution in [3.05, 3.63) is 0 Å². The van der Waals surface area contributed by atoms with Crippen LogP contribution in [0.2, 0.25) is 0 Å². The van der Waals surface area contributed by atoms with Crippen molar-refractivity contribution in [1.82, 2.24) is 15.5 Å². The van der Waals surface area contributed by atoms with Crippen molar-refractivity contribution in [2.45, 2.75) is 64.1 Å². The van der Waals surface area contributed by atoms with Crippen LogP contribution in [0.4, 0.5) is 0 Å². The van der Waals surface area contributed by atoms with E-state index in [0.29, 0.717) is 32.4 Å². The number of aliphatic carboxylic acids is 1. The fraction of sp³-hybridized carbons (Fsp3) is 0.778. The topological polar surface area (TPSA) is 168 Å². The Labute approximate surface area is 165 Å². The Hall–Kier alpha value is -2.20. The van der Waals surface area contributed by atoms with E-state index in [4.69, 9.17) is 16.6 Å². The van der Waals surface area contributed by atoms with E-state index in [0.717, 1.165) is 12.8 Å². The first kappa shape index (κ1) is 23.8. The van der Waals surface area contributed by atoms with Crippen molar-refractivity contribution in [3.63, 3.8) is 0 Å². The highest BCUT2D eigenvalue weighted by molar-refractivity contribution is 5.93. The monoisotopic (exact) mass is 399 g/mol. The molecule has 0 saturated carbocycles. The minimum absolute atomic E-state index is 0.273. The van der Waals surface area contributed by atoms with Gasteiger partial charge in [-0.3, -0.25) is 14.4 Å². The maximum absolute atomic E-state index is 12.5. The van der Waals surface area contributed by atoms with E-state index >= 15 is 0 Å². The van der Waals surface area contributed by atoms with Crippen molar-refractivity contribution < 1.29 is 24.3 Å². The lowest BCUT2D eigenvalue weighted by atomic mass is 10.0. The first-order valence-electron chi connectivity index (χ1n) is 9.75. The van der Waals surface area contributed by atoms with E-state index < -0.39 is 35.9 Å². The number of carbonyl (C=O) groups excluding carboxylic acids is 3. The number of carboxylic acids is 1. The van der Waals surface area contributed by atoms with Crippen LogP contribution in [0.25, 0.3) is 0 Å². The van der Waals surface area contributed by atoms with Gasteiger partial charge >= 0.3 is 5.97 Å². The van der Waals surface area contributed by atoms with Crippen LogP contribution in [-0.2, 0) is 19.2 Å². The summed E-state index contributed by atoms with van der Waals surface area (Å²) in [6.45, 7) is 3.99. The molecule has 3 amide bonds. The normalized spacial score (nSPS) is 18.6. The van der Waals surface area contributed by atoms with Gasteiger partial charge < -0.3 is 32.1 Å². The number of amides is 3. The van der Waals surface area contributed by atoms with Gasteiger partial charge in [-0.05, 0) is 38.1 Å². The van der Waals surface area contributed by atoms with Crippen molar-refractivity contribution in [2.75, 3.05) is 19.6 Å². The molecule has 0 aromatic carbocycles. The predicted octanol–water partition coefficient (Wildman–Crippen LogP) is -1.22. The summed E-state index contributed by atoms with van der Waals surface area (Å²) in [4.78, 5) is 49.5. The average molecular weight is 399 g/mol. The molecule has 1 fully saturated rings. The molecule has 1 rings (SSSR count). The lowest BCUT2D eigenvalue weighted by molar-refractivity contribution is -0.143. The first-order valence-corrected chi connectivity index (χ1v) is 9.75. The van der Waals surface area contributed by atoms with Gasteiger partial charge in [0.25, 0.3) is 0 Å². The predicted molar refractivity (Wildman–Crippen MR) is 103 cm³/mol. The zero-order valence-corrected chi connectivity index (χ0v) is 16.6. The van der Waals surface area contributed by atoms with Crippen molar-refractivity contribution in [1.29, 1.82) is 0 Å². The molecular formula is C18H33N5O5. The Balaban J connectivity index is 2.55. The van der Waals surface area contributed by atoms with Crippen LogP contribution in [0.5, 0.6) is 0 Å². The highest BCUT2D eigenvalue weighted by Gasteiger charge is 2.36. The van der Waals surface area contributed by atoms with E-state index in [9.17, 15) is 19.2 Å². The van der Waals surface area contributed by atoms with Crippen molar-refractivity contribution >= 4 is 23.7 Å². The molecule has 1 heterocycles. The Morgan fingerprint density at radius 2 is 1.89 bits per heavy atom. The molecule has 160 valence electrons. The molecule has 3 unspecified atom stereocenters. The van der Waals surface area contributed by atoms with Gasteiger partial charge in [-0.25, -0.2) is 4.79 Å². The zero-order chi connectivity index (χ0) is 21.3. The molecule has 0 aliphatic carbocycles. The summed E-state index contributed by atoms with van der Waals surface area (Å²) in [7, 11) is 0. The molecule has 0 radical (unpaired) electrons. The van der Waals surface area contributed by atoms with Crippen molar-refractivity contribution in [2.24, 2.45) is 17.4 Å². The second-order valence-electron chi connectivity index (χ2n) is 7.43. The number of hydrogen-bond donors (Lipinski definition) is 5. The van der Waals surface area contributed by atoms with Gasteiger partial charge in [-0.2, -0.15) is 0 Å². The van der Waals surface area contributed by atoms with Gasteiger partial charge in [-0.15, -0.1) is 0 Å². The van der Waals surface area contributed by atoms with Gasteiger partial charge in [0.1, 0.15) is 12.1 Å². The number of carboxylic acid groups (broad SMARTS) is 1. The van der Waals surface area contributed by atoms with Crippen LogP contribution in [-0.4, -0.2) is 71.5 Å². The molecule has 28 heavy (non-hydrogen) atoms. The van der Waals surface area contributed by atoms with Gasteiger partial charge in [0.15, 0.2) is 0 Å². The van der Waals surface area contributed by atoms with Crippen LogP contribution >= 0.6 is 0 Å². The molecule has 1 aliphatic heterocycles. The average Bonchev–Trinajstić information content (AvgIpc) is 3.12. The molecule has 7 N–H and O–H groups in total. The van der Waals surface area contributed by atoms with Gasteiger partial charge in [-0.1, -0.05) is 20.3 Å². The fourth-order valence-electron chi connectivity index (χ4n) is 3.17. The summed E-state index contributed by atoms with van der Waals surface area (Å²) in [5.41, 5.74) is 11.4. The van der Waals surface area contributed by atoms with Crippen molar-refractivity contribution in [3.8, 4) is 0 Å². The lowest BCUT2D eigenvalue weighted by Gasteiger charge is -2.26. The highest BCUT2D eigenvalue weighted by atomic mass is 16.4. The molecule has 0 spiro atoms. The minimum atomic E-state index is -1.13. The van der Waals surface area contributed by atoms with Gasteiger partial charge in [0.2, 0.25) is 17.7 Å². The smallest absolute Gasteiger partial charge is 0.326 e. The molecule has 0 bridgehead atoms. The van der Waals surface area contributed by atoms with Crippen LogP contribution in [0.1, 0.15) is 46.0 Å². The Kier molecular flexibility index (Phi) is 9.88. The maximum Gasteiger partial charge on any atom is 0.326 e. The summed E-state index contributed by atoms with van der Waals surface area (Å²) in [5, 5.41) is 14.0. The number of nitrogens with one attached hydrogen (secondary N) is 2. The molecule has 1 saturated heterocycles. The summed E-state index contributed by atoms with van der Waals surface area (Å²) >= 11 is 0. The zero-order valence-electron chi connectivity index (χ0n) is 16.6. The summed E-state index contributed by atoms with van der Waals surface area (Å²) in [5.74, 6) is -2.73. The fourth-order valence-corrected chi connectivity index (χ4v) is 3.17. The summed E-state index contributed by atoms with van der Waals surface area (Å²) in [6, 6.07) is -2.37. The number of likely N-dealkylation sites (tertiary alicyclic amines) is 1. The lowest BCUT2D eigenvalue weighted by Crippen LogP contribution is -2.53. The van der Waals surface area contributed by atoms with E-state index in [-0.39, 0.29) is 18.4 Å². The Bertz CT molecular complexity index is 569. The number of carbonyl (C=O) groups is 4. The van der Waals surface area contributed by atoms with Crippen LogP contribution in [0, 0.1) is 5.92 Å². The number of rotatable bonds is 11. The van der Waals surface area contributed by atoms with E-state index in [2.05, 4.69) is 10.6 Å². The SMILES string of the molecule is CC(C)C(NC(=O)CNC(=O)C1CCCN1C(=O)C(N)CCCCN)C(=O)O. The highest BCUT2D eigenvalue weighted by Crippen LogP contribution is 2.19. The van der Waals surface area contributed by atoms with E-state index in [1.807, 2.05) is 0 Å². The molecule has 10 heteroatoms. The molecule has 0 aromatic heterocycles. The first-order chi connectivity index (χ1) is 13.2. The number of unbranched alkanes of at least 4 members (excludes halogenated alkanes) is 1. The van der Waals surface area contributed by atoms with E-state index in [1.54, 1.807) is 13.8 Å². The number of nitrogens with zero attached hydrogens (tertiary/aromatic N) is 1. The number of hydrogen-bond acceptors (Lipinski definition) is 6. The third-order valence-electron chi connectivity index (χ3n) is 4.80. The Morgan fingerprint density at radius 3 is 2.46 bits per heavy atom. The largest absolute Gasteiger partial charge is 0.480 e. The summed E-state index contributed by atoms with van der Waals surface area (Å²) in [6.07, 6.45) is 3.22. The quantitative estimate of drug-likeness (QED) is 0.271.